The number of carbonyl (C=O) groups is 1. The lowest BCUT2D eigenvalue weighted by atomic mass is 9.85. The van der Waals surface area contributed by atoms with Crippen molar-refractivity contribution in [1.82, 2.24) is 19.5 Å². The Morgan fingerprint density at radius 3 is 2.41 bits per heavy atom. The third kappa shape index (κ3) is 6.03. The first-order valence-electron chi connectivity index (χ1n) is 13.9. The maximum atomic E-state index is 11.8. The lowest BCUT2D eigenvalue weighted by Gasteiger charge is -2.34. The number of anilines is 4. The smallest absolute Gasteiger partial charge is 0.225 e. The zero-order chi connectivity index (χ0) is 28.5. The highest BCUT2D eigenvalue weighted by atomic mass is 35.5. The summed E-state index contributed by atoms with van der Waals surface area (Å²) in [7, 11) is 0. The number of benzene rings is 2. The number of halogens is 3. The number of rotatable bonds is 7. The van der Waals surface area contributed by atoms with Crippen LogP contribution in [0.2, 0.25) is 15.1 Å². The van der Waals surface area contributed by atoms with Crippen LogP contribution < -0.4 is 21.3 Å². The summed E-state index contributed by atoms with van der Waals surface area (Å²) >= 11 is 19.1. The fraction of sp³-hybridized carbons (Fsp3) is 0.379. The number of nitrogens with one attached hydrogen (secondary N) is 2. The molecule has 0 radical (unpaired) electrons. The van der Waals surface area contributed by atoms with Gasteiger partial charge in [-0.15, -0.1) is 0 Å². The third-order valence-corrected chi connectivity index (χ3v) is 8.83. The van der Waals surface area contributed by atoms with Crippen molar-refractivity contribution in [3.63, 3.8) is 0 Å². The second-order valence-corrected chi connectivity index (χ2v) is 12.0. The molecule has 12 heteroatoms. The third-order valence-electron chi connectivity index (χ3n) is 8.02. The van der Waals surface area contributed by atoms with E-state index in [0.29, 0.717) is 56.7 Å². The molecule has 1 atom stereocenters. The van der Waals surface area contributed by atoms with Gasteiger partial charge in [-0.25, -0.2) is 9.97 Å². The number of aromatic nitrogens is 4. The van der Waals surface area contributed by atoms with Crippen molar-refractivity contribution >= 4 is 75.1 Å². The molecule has 1 amide bonds. The van der Waals surface area contributed by atoms with E-state index in [-0.39, 0.29) is 23.9 Å². The predicted octanol–water partition coefficient (Wildman–Crippen LogP) is 6.83. The fourth-order valence-corrected chi connectivity index (χ4v) is 6.85. The molecule has 1 unspecified atom stereocenters. The van der Waals surface area contributed by atoms with Gasteiger partial charge in [0, 0.05) is 41.8 Å². The Balaban J connectivity index is 1.31. The molecule has 1 aliphatic heterocycles. The normalized spacial score (nSPS) is 21.1. The average molecular weight is 614 g/mol. The highest BCUT2D eigenvalue weighted by Crippen LogP contribution is 2.40. The molecule has 1 aliphatic carbocycles. The summed E-state index contributed by atoms with van der Waals surface area (Å²) in [5.41, 5.74) is 8.68. The van der Waals surface area contributed by atoms with Crippen LogP contribution in [-0.4, -0.2) is 44.6 Å². The van der Waals surface area contributed by atoms with E-state index in [0.717, 1.165) is 38.8 Å². The van der Waals surface area contributed by atoms with Gasteiger partial charge in [0.15, 0.2) is 5.65 Å². The predicted molar refractivity (Wildman–Crippen MR) is 166 cm³/mol. The summed E-state index contributed by atoms with van der Waals surface area (Å²) in [6.07, 6.45) is 6.77. The highest BCUT2D eigenvalue weighted by Gasteiger charge is 2.30. The topological polar surface area (TPSA) is 114 Å². The Kier molecular flexibility index (Phi) is 8.10. The molecule has 4 aromatic rings. The number of hydrogen-bond acceptors (Lipinski definition) is 7. The first-order valence-corrected chi connectivity index (χ1v) is 15.0. The second kappa shape index (κ2) is 11.9. The van der Waals surface area contributed by atoms with Crippen molar-refractivity contribution in [2.45, 2.75) is 50.6 Å². The number of nitrogens with two attached hydrogens (primary N) is 1. The summed E-state index contributed by atoms with van der Waals surface area (Å²) in [4.78, 5) is 28.6. The van der Waals surface area contributed by atoms with Crippen LogP contribution in [0.1, 0.15) is 44.6 Å². The summed E-state index contributed by atoms with van der Waals surface area (Å²) in [5.74, 6) is 0.734. The number of carbonyl (C=O) groups excluding carboxylic acids is 1. The highest BCUT2D eigenvalue weighted by molar-refractivity contribution is 6.41. The van der Waals surface area contributed by atoms with Crippen molar-refractivity contribution in [3.05, 3.63) is 63.7 Å². The second-order valence-electron chi connectivity index (χ2n) is 10.8. The van der Waals surface area contributed by atoms with Gasteiger partial charge < -0.3 is 21.3 Å². The van der Waals surface area contributed by atoms with E-state index >= 15 is 0 Å². The lowest BCUT2D eigenvalue weighted by molar-refractivity contribution is -0.122. The van der Waals surface area contributed by atoms with Crippen LogP contribution in [0.5, 0.6) is 0 Å². The molecule has 1 saturated heterocycles. The van der Waals surface area contributed by atoms with Crippen molar-refractivity contribution in [1.29, 1.82) is 0 Å². The maximum absolute atomic E-state index is 11.8. The van der Waals surface area contributed by atoms with Gasteiger partial charge in [-0.1, -0.05) is 53.0 Å². The molecule has 9 nitrogen and oxygen atoms in total. The Morgan fingerprint density at radius 1 is 0.976 bits per heavy atom. The van der Waals surface area contributed by atoms with Crippen molar-refractivity contribution in [2.75, 3.05) is 28.6 Å². The summed E-state index contributed by atoms with van der Waals surface area (Å²) < 4.78 is 2.08. The molecule has 214 valence electrons. The van der Waals surface area contributed by atoms with Crippen molar-refractivity contribution < 1.29 is 4.79 Å². The SMILES string of the molecule is NC(=O)C1CCC(n2c(Nc3c(Cl)cc(Cl)cc3Cl)nc3cnc(NC4CCCN(c5ccccc5)C4)nc32)CC1. The van der Waals surface area contributed by atoms with Crippen LogP contribution in [0.4, 0.5) is 23.3 Å². The first-order chi connectivity index (χ1) is 19.9. The van der Waals surface area contributed by atoms with Gasteiger partial charge >= 0.3 is 0 Å². The fourth-order valence-electron chi connectivity index (χ4n) is 5.94. The van der Waals surface area contributed by atoms with E-state index < -0.39 is 0 Å². The maximum Gasteiger partial charge on any atom is 0.225 e. The van der Waals surface area contributed by atoms with Gasteiger partial charge in [0.05, 0.1) is 21.9 Å². The summed E-state index contributed by atoms with van der Waals surface area (Å²) in [6, 6.07) is 14.0. The Morgan fingerprint density at radius 2 is 1.71 bits per heavy atom. The molecule has 2 aromatic carbocycles. The zero-order valence-electron chi connectivity index (χ0n) is 22.4. The molecule has 6 rings (SSSR count). The molecule has 2 aliphatic rings. The first kappa shape index (κ1) is 27.9. The number of nitrogens with zero attached hydrogens (tertiary/aromatic N) is 5. The number of piperidine rings is 1. The molecule has 4 N–H and O–H groups in total. The van der Waals surface area contributed by atoms with Crippen molar-refractivity contribution in [3.8, 4) is 0 Å². The van der Waals surface area contributed by atoms with E-state index in [1.807, 2.05) is 6.07 Å². The van der Waals surface area contributed by atoms with E-state index in [9.17, 15) is 4.79 Å². The van der Waals surface area contributed by atoms with Gasteiger partial charge in [0.2, 0.25) is 17.8 Å². The lowest BCUT2D eigenvalue weighted by Crippen LogP contribution is -2.42. The summed E-state index contributed by atoms with van der Waals surface area (Å²) in [5, 5.41) is 8.10. The monoisotopic (exact) mass is 612 g/mol. The van der Waals surface area contributed by atoms with Gasteiger partial charge in [-0.3, -0.25) is 9.36 Å². The van der Waals surface area contributed by atoms with Gasteiger partial charge in [0.1, 0.15) is 5.52 Å². The summed E-state index contributed by atoms with van der Waals surface area (Å²) in [6.45, 7) is 1.88. The van der Waals surface area contributed by atoms with Crippen LogP contribution in [0, 0.1) is 5.92 Å². The van der Waals surface area contributed by atoms with Crippen LogP contribution in [-0.2, 0) is 4.79 Å². The number of hydrogen-bond donors (Lipinski definition) is 3. The molecule has 2 fully saturated rings. The van der Waals surface area contributed by atoms with E-state index in [4.69, 9.17) is 50.5 Å². The van der Waals surface area contributed by atoms with E-state index in [2.05, 4.69) is 49.4 Å². The molecule has 2 aromatic heterocycles. The Bertz CT molecular complexity index is 1530. The molecule has 41 heavy (non-hydrogen) atoms. The van der Waals surface area contributed by atoms with E-state index in [1.165, 1.54) is 5.69 Å². The minimum atomic E-state index is -0.247. The number of fused-ring (bicyclic) bond motifs is 1. The van der Waals surface area contributed by atoms with Gasteiger partial charge in [0.25, 0.3) is 0 Å². The van der Waals surface area contributed by atoms with Crippen LogP contribution in [0.15, 0.2) is 48.7 Å². The minimum Gasteiger partial charge on any atom is -0.369 e. The minimum absolute atomic E-state index is 0.0500. The van der Waals surface area contributed by atoms with Crippen molar-refractivity contribution in [2.24, 2.45) is 11.7 Å². The molecule has 0 spiro atoms. The molecular formula is C29H31Cl3N8O. The molecular weight excluding hydrogens is 583 g/mol. The number of para-hydroxylation sites is 1. The quantitative estimate of drug-likeness (QED) is 0.209. The molecule has 1 saturated carbocycles. The standard InChI is InChI=1S/C29H31Cl3N8O/c30-18-13-22(31)25(23(32)14-18)37-29-36-24-15-34-28(35-19-5-4-12-39(16-19)20-6-2-1-3-7-20)38-27(24)40(29)21-10-8-17(9-11-21)26(33)41/h1-3,6-7,13-15,17,19,21H,4-5,8-12,16H2,(H2,33,41)(H,36,37)(H,34,35,38). The van der Waals surface area contributed by atoms with E-state index in [1.54, 1.807) is 18.3 Å². The van der Waals surface area contributed by atoms with Gasteiger partial charge in [-0.05, 0) is 62.8 Å². The Labute approximate surface area is 253 Å². The Hall–Kier alpha value is -3.27. The molecule has 3 heterocycles. The molecule has 0 bridgehead atoms. The average Bonchev–Trinajstić information content (AvgIpc) is 3.33. The number of imidazole rings is 1. The van der Waals surface area contributed by atoms with Crippen LogP contribution in [0.3, 0.4) is 0 Å². The largest absolute Gasteiger partial charge is 0.369 e. The zero-order valence-corrected chi connectivity index (χ0v) is 24.6. The van der Waals surface area contributed by atoms with Crippen LogP contribution in [0.25, 0.3) is 11.2 Å². The van der Waals surface area contributed by atoms with Crippen LogP contribution >= 0.6 is 34.8 Å². The number of amides is 1. The van der Waals surface area contributed by atoms with Gasteiger partial charge in [-0.2, -0.15) is 4.98 Å². The number of primary amides is 1.